The summed E-state index contributed by atoms with van der Waals surface area (Å²) in [5.41, 5.74) is 2.23. The Bertz CT molecular complexity index is 872. The van der Waals surface area contributed by atoms with Crippen LogP contribution in [0.15, 0.2) is 51.6 Å². The van der Waals surface area contributed by atoms with Gasteiger partial charge >= 0.3 is 6.01 Å². The molecule has 3 aromatic rings. The normalized spacial score (nSPS) is 10.5. The number of nitrogens with one attached hydrogen (secondary N) is 1. The minimum atomic E-state index is -0.347. The number of ether oxygens (including phenoxy) is 1. The zero-order valence-corrected chi connectivity index (χ0v) is 14.6. The second-order valence-corrected chi connectivity index (χ2v) is 5.90. The summed E-state index contributed by atoms with van der Waals surface area (Å²) in [6, 6.07) is 12.4. The topological polar surface area (TPSA) is 77.2 Å². The molecule has 0 aliphatic carbocycles. The third-order valence-electron chi connectivity index (χ3n) is 3.06. The summed E-state index contributed by atoms with van der Waals surface area (Å²) >= 11 is 3.17. The van der Waals surface area contributed by atoms with E-state index in [9.17, 15) is 4.79 Å². The van der Waals surface area contributed by atoms with Gasteiger partial charge < -0.3 is 14.5 Å². The summed E-state index contributed by atoms with van der Waals surface area (Å²) in [7, 11) is 0. The van der Waals surface area contributed by atoms with E-state index in [0.29, 0.717) is 16.1 Å². The van der Waals surface area contributed by atoms with Crippen molar-refractivity contribution < 1.29 is 13.9 Å². The van der Waals surface area contributed by atoms with Gasteiger partial charge in [-0.15, -0.1) is 0 Å². The molecule has 0 spiro atoms. The van der Waals surface area contributed by atoms with Gasteiger partial charge in [-0.25, -0.2) is 9.97 Å². The number of nitrogens with zero attached hydrogens (tertiary/aromatic N) is 2. The van der Waals surface area contributed by atoms with E-state index >= 15 is 0 Å². The lowest BCUT2D eigenvalue weighted by atomic mass is 10.3. The van der Waals surface area contributed by atoms with Crippen molar-refractivity contribution >= 4 is 27.5 Å². The van der Waals surface area contributed by atoms with Gasteiger partial charge in [0.1, 0.15) is 5.75 Å². The van der Waals surface area contributed by atoms with Crippen LogP contribution in [0.4, 0.5) is 5.69 Å². The van der Waals surface area contributed by atoms with Crippen molar-refractivity contribution in [1.29, 1.82) is 0 Å². The average Bonchev–Trinajstić information content (AvgIpc) is 2.93. The van der Waals surface area contributed by atoms with Gasteiger partial charge in [0, 0.05) is 23.1 Å². The first-order valence-electron chi connectivity index (χ1n) is 7.16. The first kappa shape index (κ1) is 16.2. The number of carbonyl (C=O) groups excluding carboxylic acids is 1. The number of rotatable bonds is 4. The van der Waals surface area contributed by atoms with Crippen molar-refractivity contribution in [2.45, 2.75) is 13.8 Å². The lowest BCUT2D eigenvalue weighted by Gasteiger charge is -2.08. The van der Waals surface area contributed by atoms with Crippen LogP contribution in [0.5, 0.6) is 11.8 Å². The third-order valence-corrected chi connectivity index (χ3v) is 3.49. The van der Waals surface area contributed by atoms with E-state index < -0.39 is 0 Å². The molecule has 0 atom stereocenters. The van der Waals surface area contributed by atoms with Crippen LogP contribution in [0.3, 0.4) is 0 Å². The van der Waals surface area contributed by atoms with E-state index in [4.69, 9.17) is 9.15 Å². The zero-order chi connectivity index (χ0) is 17.1. The molecule has 2 heterocycles. The van der Waals surface area contributed by atoms with Crippen molar-refractivity contribution in [1.82, 2.24) is 9.97 Å². The molecule has 1 amide bonds. The summed E-state index contributed by atoms with van der Waals surface area (Å²) in [6.45, 7) is 3.75. The lowest BCUT2D eigenvalue weighted by Crippen LogP contribution is -2.10. The van der Waals surface area contributed by atoms with Crippen LogP contribution in [0, 0.1) is 13.8 Å². The minimum Gasteiger partial charge on any atom is -0.444 e. The highest BCUT2D eigenvalue weighted by Gasteiger charge is 2.11. The number of carbonyl (C=O) groups is 1. The highest BCUT2D eigenvalue weighted by Crippen LogP contribution is 2.23. The first-order valence-corrected chi connectivity index (χ1v) is 7.96. The standard InChI is InChI=1S/C17H14BrN3O3/c1-10-8-11(2)20-17(19-10)23-13-5-3-4-12(9-13)21-16(22)14-6-7-15(18)24-14/h3-9H,1-2H3,(H,21,22). The highest BCUT2D eigenvalue weighted by molar-refractivity contribution is 9.10. The maximum atomic E-state index is 12.1. The first-order chi connectivity index (χ1) is 11.5. The van der Waals surface area contributed by atoms with Crippen molar-refractivity contribution in [2.75, 3.05) is 5.32 Å². The van der Waals surface area contributed by atoms with Gasteiger partial charge in [-0.2, -0.15) is 0 Å². The third kappa shape index (κ3) is 3.99. The smallest absolute Gasteiger partial charge is 0.322 e. The van der Waals surface area contributed by atoms with E-state index in [1.165, 1.54) is 0 Å². The Hall–Kier alpha value is -2.67. The van der Waals surface area contributed by atoms with Crippen molar-refractivity contribution in [2.24, 2.45) is 0 Å². The van der Waals surface area contributed by atoms with Gasteiger partial charge in [0.25, 0.3) is 5.91 Å². The van der Waals surface area contributed by atoms with Gasteiger partial charge in [0.15, 0.2) is 10.4 Å². The Kier molecular flexibility index (Phi) is 4.61. The van der Waals surface area contributed by atoms with E-state index in [1.54, 1.807) is 36.4 Å². The maximum Gasteiger partial charge on any atom is 0.322 e. The number of anilines is 1. The molecular formula is C17H14BrN3O3. The fourth-order valence-electron chi connectivity index (χ4n) is 2.11. The molecule has 3 rings (SSSR count). The quantitative estimate of drug-likeness (QED) is 0.713. The monoisotopic (exact) mass is 387 g/mol. The molecule has 0 bridgehead atoms. The van der Waals surface area contributed by atoms with Crippen molar-refractivity contribution in [3.8, 4) is 11.8 Å². The molecule has 0 unspecified atom stereocenters. The van der Waals surface area contributed by atoms with Crippen LogP contribution in [-0.4, -0.2) is 15.9 Å². The Morgan fingerprint density at radius 1 is 1.12 bits per heavy atom. The number of aryl methyl sites for hydroxylation is 2. The van der Waals surface area contributed by atoms with Crippen molar-refractivity contribution in [3.63, 3.8) is 0 Å². The Morgan fingerprint density at radius 2 is 1.88 bits per heavy atom. The second kappa shape index (κ2) is 6.84. The van der Waals surface area contributed by atoms with Gasteiger partial charge in [-0.3, -0.25) is 4.79 Å². The summed E-state index contributed by atoms with van der Waals surface area (Å²) in [4.78, 5) is 20.6. The fraction of sp³-hybridized carbons (Fsp3) is 0.118. The number of hydrogen-bond donors (Lipinski definition) is 1. The molecule has 0 aliphatic heterocycles. The largest absolute Gasteiger partial charge is 0.444 e. The number of amides is 1. The highest BCUT2D eigenvalue weighted by atomic mass is 79.9. The molecule has 0 aliphatic rings. The number of furan rings is 1. The Labute approximate surface area is 147 Å². The predicted molar refractivity (Wildman–Crippen MR) is 92.4 cm³/mol. The molecule has 6 nitrogen and oxygen atoms in total. The summed E-state index contributed by atoms with van der Waals surface area (Å²) in [5.74, 6) is 0.393. The molecular weight excluding hydrogens is 374 g/mol. The Balaban J connectivity index is 1.75. The van der Waals surface area contributed by atoms with Gasteiger partial charge in [-0.05, 0) is 60.1 Å². The number of benzene rings is 1. The van der Waals surface area contributed by atoms with E-state index in [0.717, 1.165) is 11.4 Å². The van der Waals surface area contributed by atoms with Crippen LogP contribution >= 0.6 is 15.9 Å². The molecule has 0 saturated heterocycles. The van der Waals surface area contributed by atoms with E-state index in [-0.39, 0.29) is 17.7 Å². The summed E-state index contributed by atoms with van der Waals surface area (Å²) in [5, 5.41) is 2.75. The molecule has 1 N–H and O–H groups in total. The lowest BCUT2D eigenvalue weighted by molar-refractivity contribution is 0.0995. The van der Waals surface area contributed by atoms with Crippen molar-refractivity contribution in [3.05, 3.63) is 64.3 Å². The number of hydrogen-bond acceptors (Lipinski definition) is 5. The van der Waals surface area contributed by atoms with Gasteiger partial charge in [-0.1, -0.05) is 6.07 Å². The van der Waals surface area contributed by atoms with Crippen LogP contribution in [0.1, 0.15) is 21.9 Å². The van der Waals surface area contributed by atoms with E-state index in [2.05, 4.69) is 31.2 Å². The SMILES string of the molecule is Cc1cc(C)nc(Oc2cccc(NC(=O)c3ccc(Br)o3)c2)n1. The number of aromatic nitrogens is 2. The molecule has 2 aromatic heterocycles. The minimum absolute atomic E-state index is 0.214. The summed E-state index contributed by atoms with van der Waals surface area (Å²) in [6.07, 6.45) is 0. The Morgan fingerprint density at radius 3 is 2.54 bits per heavy atom. The second-order valence-electron chi connectivity index (χ2n) is 5.12. The van der Waals surface area contributed by atoms with Crippen LogP contribution in [0.25, 0.3) is 0 Å². The molecule has 0 radical (unpaired) electrons. The molecule has 7 heteroatoms. The zero-order valence-electron chi connectivity index (χ0n) is 13.0. The van der Waals surface area contributed by atoms with Gasteiger partial charge in [0.05, 0.1) is 0 Å². The summed E-state index contributed by atoms with van der Waals surface area (Å²) < 4.78 is 11.4. The maximum absolute atomic E-state index is 12.1. The van der Waals surface area contributed by atoms with Crippen LogP contribution < -0.4 is 10.1 Å². The van der Waals surface area contributed by atoms with Crippen LogP contribution in [-0.2, 0) is 0 Å². The molecule has 0 saturated carbocycles. The molecule has 0 fully saturated rings. The van der Waals surface area contributed by atoms with E-state index in [1.807, 2.05) is 19.9 Å². The van der Waals surface area contributed by atoms with Gasteiger partial charge in [0.2, 0.25) is 0 Å². The molecule has 122 valence electrons. The predicted octanol–water partition coefficient (Wildman–Crippen LogP) is 4.49. The molecule has 1 aromatic carbocycles. The average molecular weight is 388 g/mol. The molecule has 24 heavy (non-hydrogen) atoms. The van der Waals surface area contributed by atoms with Crippen LogP contribution in [0.2, 0.25) is 0 Å². The number of halogens is 1. The fourth-order valence-corrected chi connectivity index (χ4v) is 2.42.